The number of esters is 1. The number of rotatable bonds is 3. The van der Waals surface area contributed by atoms with Crippen LogP contribution in [0.15, 0.2) is 40.9 Å². The fraction of sp³-hybridized carbons (Fsp3) is 0.0667. The molecule has 0 radical (unpaired) electrons. The van der Waals surface area contributed by atoms with Crippen LogP contribution in [0.3, 0.4) is 0 Å². The molecular formula is C15H10BrFN2O2. The zero-order chi connectivity index (χ0) is 15.4. The van der Waals surface area contributed by atoms with Gasteiger partial charge in [0.1, 0.15) is 12.4 Å². The van der Waals surface area contributed by atoms with E-state index in [-0.39, 0.29) is 22.3 Å². The summed E-state index contributed by atoms with van der Waals surface area (Å²) < 4.78 is 18.6. The van der Waals surface area contributed by atoms with Crippen molar-refractivity contribution in [2.45, 2.75) is 6.61 Å². The normalized spacial score (nSPS) is 9.95. The maximum Gasteiger partial charge on any atom is 0.339 e. The first-order chi connectivity index (χ1) is 10.0. The van der Waals surface area contributed by atoms with Crippen molar-refractivity contribution in [3.63, 3.8) is 0 Å². The third-order valence-electron chi connectivity index (χ3n) is 2.80. The van der Waals surface area contributed by atoms with E-state index in [1.807, 2.05) is 6.07 Å². The van der Waals surface area contributed by atoms with Crippen molar-refractivity contribution in [1.82, 2.24) is 0 Å². The van der Waals surface area contributed by atoms with Crippen molar-refractivity contribution in [2.24, 2.45) is 0 Å². The highest BCUT2D eigenvalue weighted by Crippen LogP contribution is 2.24. The second-order valence-corrected chi connectivity index (χ2v) is 5.05. The molecule has 2 rings (SSSR count). The molecule has 2 N–H and O–H groups in total. The lowest BCUT2D eigenvalue weighted by Gasteiger charge is -2.08. The van der Waals surface area contributed by atoms with Gasteiger partial charge >= 0.3 is 5.97 Å². The molecule has 0 aliphatic rings. The van der Waals surface area contributed by atoms with Crippen LogP contribution in [0.5, 0.6) is 0 Å². The van der Waals surface area contributed by atoms with Gasteiger partial charge in [-0.15, -0.1) is 0 Å². The van der Waals surface area contributed by atoms with Crippen LogP contribution >= 0.6 is 15.9 Å². The average Bonchev–Trinajstić information content (AvgIpc) is 2.48. The van der Waals surface area contributed by atoms with E-state index in [1.165, 1.54) is 6.07 Å². The van der Waals surface area contributed by atoms with Gasteiger partial charge in [0.25, 0.3) is 0 Å². The van der Waals surface area contributed by atoms with E-state index in [2.05, 4.69) is 15.9 Å². The SMILES string of the molecule is N#Cc1ccccc1COC(=O)c1cc(N)c(F)cc1Br. The summed E-state index contributed by atoms with van der Waals surface area (Å²) in [6, 6.07) is 11.1. The molecule has 0 aliphatic carbocycles. The van der Waals surface area contributed by atoms with Crippen LogP contribution in [0.4, 0.5) is 10.1 Å². The molecule has 106 valence electrons. The number of carbonyl (C=O) groups excluding carboxylic acids is 1. The van der Waals surface area contributed by atoms with Gasteiger partial charge in [-0.1, -0.05) is 18.2 Å². The topological polar surface area (TPSA) is 76.1 Å². The lowest BCUT2D eigenvalue weighted by molar-refractivity contribution is 0.0471. The van der Waals surface area contributed by atoms with E-state index in [0.717, 1.165) is 6.07 Å². The van der Waals surface area contributed by atoms with Gasteiger partial charge in [-0.25, -0.2) is 9.18 Å². The molecule has 0 aliphatic heterocycles. The number of nitrogens with two attached hydrogens (primary N) is 1. The number of hydrogen-bond acceptors (Lipinski definition) is 4. The summed E-state index contributed by atoms with van der Waals surface area (Å²) in [5.41, 5.74) is 6.46. The van der Waals surface area contributed by atoms with Crippen LogP contribution in [0.25, 0.3) is 0 Å². The largest absolute Gasteiger partial charge is 0.457 e. The number of anilines is 1. The number of nitrogen functional groups attached to an aromatic ring is 1. The van der Waals surface area contributed by atoms with E-state index >= 15 is 0 Å². The smallest absolute Gasteiger partial charge is 0.339 e. The Morgan fingerprint density at radius 1 is 1.38 bits per heavy atom. The predicted octanol–water partition coefficient (Wildman–Crippen LogP) is 3.40. The van der Waals surface area contributed by atoms with E-state index in [4.69, 9.17) is 15.7 Å². The summed E-state index contributed by atoms with van der Waals surface area (Å²) >= 11 is 3.09. The highest BCUT2D eigenvalue weighted by molar-refractivity contribution is 9.10. The first kappa shape index (κ1) is 15.0. The Morgan fingerprint density at radius 3 is 2.81 bits per heavy atom. The molecular weight excluding hydrogens is 339 g/mol. The number of benzene rings is 2. The number of halogens is 2. The molecule has 0 spiro atoms. The summed E-state index contributed by atoms with van der Waals surface area (Å²) in [7, 11) is 0. The van der Waals surface area contributed by atoms with E-state index in [9.17, 15) is 9.18 Å². The summed E-state index contributed by atoms with van der Waals surface area (Å²) in [6.07, 6.45) is 0. The van der Waals surface area contributed by atoms with Crippen LogP contribution < -0.4 is 5.73 Å². The maximum absolute atomic E-state index is 13.2. The number of nitriles is 1. The Balaban J connectivity index is 2.16. The Morgan fingerprint density at radius 2 is 2.10 bits per heavy atom. The average molecular weight is 349 g/mol. The number of carbonyl (C=O) groups is 1. The molecule has 0 saturated carbocycles. The highest BCUT2D eigenvalue weighted by Gasteiger charge is 2.15. The number of nitrogens with zero attached hydrogens (tertiary/aromatic N) is 1. The molecule has 21 heavy (non-hydrogen) atoms. The molecule has 2 aromatic carbocycles. The summed E-state index contributed by atoms with van der Waals surface area (Å²) in [6.45, 7) is -0.0493. The third kappa shape index (κ3) is 3.38. The second kappa shape index (κ2) is 6.37. The molecule has 0 amide bonds. The molecule has 6 heteroatoms. The minimum absolute atomic E-state index is 0.0493. The Labute approximate surface area is 129 Å². The maximum atomic E-state index is 13.2. The fourth-order valence-corrected chi connectivity index (χ4v) is 2.18. The third-order valence-corrected chi connectivity index (χ3v) is 3.46. The molecule has 0 fully saturated rings. The highest BCUT2D eigenvalue weighted by atomic mass is 79.9. The molecule has 0 aromatic heterocycles. The number of hydrogen-bond donors (Lipinski definition) is 1. The van der Waals surface area contributed by atoms with E-state index in [1.54, 1.807) is 24.3 Å². The molecule has 0 heterocycles. The zero-order valence-corrected chi connectivity index (χ0v) is 12.4. The van der Waals surface area contributed by atoms with E-state index in [0.29, 0.717) is 11.1 Å². The van der Waals surface area contributed by atoms with Gasteiger partial charge in [0.15, 0.2) is 0 Å². The second-order valence-electron chi connectivity index (χ2n) is 4.20. The predicted molar refractivity (Wildman–Crippen MR) is 78.8 cm³/mol. The Hall–Kier alpha value is -2.39. The van der Waals surface area contributed by atoms with Gasteiger partial charge in [-0.3, -0.25) is 0 Å². The van der Waals surface area contributed by atoms with Gasteiger partial charge in [0, 0.05) is 10.0 Å². The van der Waals surface area contributed by atoms with Gasteiger partial charge in [0.05, 0.1) is 22.9 Å². The van der Waals surface area contributed by atoms with Gasteiger partial charge < -0.3 is 10.5 Å². The number of ether oxygens (including phenoxy) is 1. The fourth-order valence-electron chi connectivity index (χ4n) is 1.70. The molecule has 4 nitrogen and oxygen atoms in total. The van der Waals surface area contributed by atoms with Crippen LogP contribution in [0, 0.1) is 17.1 Å². The van der Waals surface area contributed by atoms with Crippen molar-refractivity contribution in [3.8, 4) is 6.07 Å². The van der Waals surface area contributed by atoms with Gasteiger partial charge in [0.2, 0.25) is 0 Å². The quantitative estimate of drug-likeness (QED) is 0.681. The van der Waals surface area contributed by atoms with Crippen molar-refractivity contribution in [3.05, 3.63) is 63.4 Å². The monoisotopic (exact) mass is 348 g/mol. The van der Waals surface area contributed by atoms with Crippen LogP contribution in [-0.4, -0.2) is 5.97 Å². The van der Waals surface area contributed by atoms with Crippen LogP contribution in [-0.2, 0) is 11.3 Å². The van der Waals surface area contributed by atoms with Crippen LogP contribution in [0.1, 0.15) is 21.5 Å². The first-order valence-corrected chi connectivity index (χ1v) is 6.72. The Kier molecular flexibility index (Phi) is 4.55. The standard InChI is InChI=1S/C15H10BrFN2O2/c16-12-6-13(17)14(19)5-11(12)15(20)21-8-10-4-2-1-3-9(10)7-18/h1-6H,8,19H2. The molecule has 0 bridgehead atoms. The lowest BCUT2D eigenvalue weighted by Crippen LogP contribution is -2.08. The molecule has 0 atom stereocenters. The summed E-state index contributed by atoms with van der Waals surface area (Å²) in [4.78, 5) is 12.0. The minimum Gasteiger partial charge on any atom is -0.457 e. The van der Waals surface area contributed by atoms with Gasteiger partial charge in [-0.2, -0.15) is 5.26 Å². The van der Waals surface area contributed by atoms with Crippen molar-refractivity contribution >= 4 is 27.6 Å². The van der Waals surface area contributed by atoms with E-state index < -0.39 is 11.8 Å². The molecule has 0 saturated heterocycles. The zero-order valence-electron chi connectivity index (χ0n) is 10.8. The Bertz CT molecular complexity index is 741. The van der Waals surface area contributed by atoms with Gasteiger partial charge in [-0.05, 0) is 34.1 Å². The summed E-state index contributed by atoms with van der Waals surface area (Å²) in [5.74, 6) is -1.27. The summed E-state index contributed by atoms with van der Waals surface area (Å²) in [5, 5.41) is 8.96. The molecule has 0 unspecified atom stereocenters. The van der Waals surface area contributed by atoms with Crippen molar-refractivity contribution in [1.29, 1.82) is 5.26 Å². The first-order valence-electron chi connectivity index (χ1n) is 5.92. The van der Waals surface area contributed by atoms with Crippen LogP contribution in [0.2, 0.25) is 0 Å². The van der Waals surface area contributed by atoms with Crippen molar-refractivity contribution in [2.75, 3.05) is 5.73 Å². The lowest BCUT2D eigenvalue weighted by atomic mass is 10.1. The molecule has 2 aromatic rings. The van der Waals surface area contributed by atoms with Crippen molar-refractivity contribution < 1.29 is 13.9 Å². The minimum atomic E-state index is -0.652.